The van der Waals surface area contributed by atoms with Gasteiger partial charge in [0.05, 0.1) is 12.0 Å². The third-order valence-corrected chi connectivity index (χ3v) is 3.09. The molecule has 0 saturated carbocycles. The lowest BCUT2D eigenvalue weighted by molar-refractivity contribution is 0.567. The predicted molar refractivity (Wildman–Crippen MR) is 70.0 cm³/mol. The van der Waals surface area contributed by atoms with Crippen molar-refractivity contribution in [2.75, 3.05) is 0 Å². The molecule has 1 atom stereocenters. The quantitative estimate of drug-likeness (QED) is 0.874. The van der Waals surface area contributed by atoms with Crippen molar-refractivity contribution in [3.05, 3.63) is 52.6 Å². The number of nitrogens with zero attached hydrogens (tertiary/aromatic N) is 1. The Morgan fingerprint density at radius 3 is 2.94 bits per heavy atom. The summed E-state index contributed by atoms with van der Waals surface area (Å²) in [6.45, 7) is 4.89. The highest BCUT2D eigenvalue weighted by Crippen LogP contribution is 2.17. The Balaban J connectivity index is 1.98. The molecule has 1 heterocycles. The zero-order valence-electron chi connectivity index (χ0n) is 10.00. The Labute approximate surface area is 106 Å². The highest BCUT2D eigenvalue weighted by molar-refractivity contribution is 6.30. The molecule has 0 unspecified atom stereocenters. The Morgan fingerprint density at radius 1 is 1.47 bits per heavy atom. The Kier molecular flexibility index (Phi) is 3.82. The molecule has 2 N–H and O–H groups in total. The Hall–Kier alpha value is -1.32. The number of aryl methyl sites for hydroxylation is 1. The molecular formula is C13H16ClN3. The second-order valence-corrected chi connectivity index (χ2v) is 4.57. The zero-order valence-corrected chi connectivity index (χ0v) is 10.8. The summed E-state index contributed by atoms with van der Waals surface area (Å²) in [4.78, 5) is 7.32. The van der Waals surface area contributed by atoms with Gasteiger partial charge in [0.15, 0.2) is 0 Å². The monoisotopic (exact) mass is 249 g/mol. The molecule has 0 aliphatic rings. The van der Waals surface area contributed by atoms with Crippen LogP contribution in [0.3, 0.4) is 0 Å². The van der Waals surface area contributed by atoms with Gasteiger partial charge in [0.2, 0.25) is 0 Å². The van der Waals surface area contributed by atoms with E-state index in [1.165, 1.54) is 5.56 Å². The lowest BCUT2D eigenvalue weighted by atomic mass is 10.1. The minimum Gasteiger partial charge on any atom is -0.348 e. The van der Waals surface area contributed by atoms with Crippen LogP contribution in [0, 0.1) is 6.92 Å². The number of nitrogens with one attached hydrogen (secondary N) is 2. The van der Waals surface area contributed by atoms with Crippen LogP contribution in [0.1, 0.15) is 29.9 Å². The van der Waals surface area contributed by atoms with Gasteiger partial charge in [-0.25, -0.2) is 4.98 Å². The van der Waals surface area contributed by atoms with E-state index in [0.29, 0.717) is 0 Å². The standard InChI is InChI=1S/C13H16ClN3/c1-9(11-4-3-5-12(14)6-11)15-7-13-10(2)16-8-17-13/h3-6,8-9,15H,7H2,1-2H3,(H,16,17)/t9-/m0/s1. The van der Waals surface area contributed by atoms with Gasteiger partial charge >= 0.3 is 0 Å². The molecule has 0 radical (unpaired) electrons. The van der Waals surface area contributed by atoms with E-state index in [4.69, 9.17) is 11.6 Å². The fourth-order valence-electron chi connectivity index (χ4n) is 1.71. The summed E-state index contributed by atoms with van der Waals surface area (Å²) in [5.74, 6) is 0. The first-order chi connectivity index (χ1) is 8.16. The lowest BCUT2D eigenvalue weighted by Gasteiger charge is -2.13. The van der Waals surface area contributed by atoms with Crippen molar-refractivity contribution < 1.29 is 0 Å². The third kappa shape index (κ3) is 3.08. The third-order valence-electron chi connectivity index (χ3n) is 2.86. The molecule has 3 nitrogen and oxygen atoms in total. The number of rotatable bonds is 4. The topological polar surface area (TPSA) is 40.7 Å². The van der Waals surface area contributed by atoms with E-state index in [2.05, 4.69) is 28.3 Å². The molecule has 1 aromatic carbocycles. The summed E-state index contributed by atoms with van der Waals surface area (Å²) in [5, 5.41) is 4.20. The van der Waals surface area contributed by atoms with E-state index in [1.54, 1.807) is 6.33 Å². The number of aromatic amines is 1. The maximum Gasteiger partial charge on any atom is 0.0925 e. The molecule has 0 fully saturated rings. The highest BCUT2D eigenvalue weighted by atomic mass is 35.5. The molecule has 0 bridgehead atoms. The molecule has 0 aliphatic carbocycles. The van der Waals surface area contributed by atoms with Gasteiger partial charge in [0.1, 0.15) is 0 Å². The Bertz CT molecular complexity index is 493. The maximum absolute atomic E-state index is 5.97. The van der Waals surface area contributed by atoms with Crippen molar-refractivity contribution in [3.8, 4) is 0 Å². The van der Waals surface area contributed by atoms with Crippen LogP contribution in [-0.4, -0.2) is 9.97 Å². The van der Waals surface area contributed by atoms with Crippen LogP contribution < -0.4 is 5.32 Å². The van der Waals surface area contributed by atoms with Crippen LogP contribution in [0.25, 0.3) is 0 Å². The van der Waals surface area contributed by atoms with E-state index in [9.17, 15) is 0 Å². The van der Waals surface area contributed by atoms with Gasteiger partial charge in [0.25, 0.3) is 0 Å². The van der Waals surface area contributed by atoms with Crippen LogP contribution >= 0.6 is 11.6 Å². The highest BCUT2D eigenvalue weighted by Gasteiger charge is 2.07. The second kappa shape index (κ2) is 5.34. The van der Waals surface area contributed by atoms with Crippen LogP contribution in [-0.2, 0) is 6.54 Å². The molecule has 17 heavy (non-hydrogen) atoms. The lowest BCUT2D eigenvalue weighted by Crippen LogP contribution is -2.18. The van der Waals surface area contributed by atoms with Crippen LogP contribution in [0.5, 0.6) is 0 Å². The van der Waals surface area contributed by atoms with Crippen LogP contribution in [0.4, 0.5) is 0 Å². The van der Waals surface area contributed by atoms with Crippen molar-refractivity contribution in [1.29, 1.82) is 0 Å². The molecule has 2 aromatic rings. The van der Waals surface area contributed by atoms with Crippen molar-refractivity contribution in [1.82, 2.24) is 15.3 Å². The van der Waals surface area contributed by atoms with Gasteiger partial charge in [-0.15, -0.1) is 0 Å². The number of hydrogen-bond acceptors (Lipinski definition) is 2. The smallest absolute Gasteiger partial charge is 0.0925 e. The number of hydrogen-bond donors (Lipinski definition) is 2. The summed E-state index contributed by atoms with van der Waals surface area (Å²) in [6, 6.07) is 8.16. The summed E-state index contributed by atoms with van der Waals surface area (Å²) >= 11 is 5.97. The predicted octanol–water partition coefficient (Wildman–Crippen LogP) is 3.22. The van der Waals surface area contributed by atoms with E-state index < -0.39 is 0 Å². The molecule has 90 valence electrons. The van der Waals surface area contributed by atoms with Crippen LogP contribution in [0.2, 0.25) is 5.02 Å². The zero-order chi connectivity index (χ0) is 12.3. The second-order valence-electron chi connectivity index (χ2n) is 4.13. The molecule has 0 amide bonds. The fraction of sp³-hybridized carbons (Fsp3) is 0.308. The first kappa shape index (κ1) is 12.1. The maximum atomic E-state index is 5.97. The number of imidazole rings is 1. The average molecular weight is 250 g/mol. The van der Waals surface area contributed by atoms with Gasteiger partial charge in [-0.2, -0.15) is 0 Å². The first-order valence-corrected chi connectivity index (χ1v) is 6.02. The first-order valence-electron chi connectivity index (χ1n) is 5.64. The van der Waals surface area contributed by atoms with E-state index >= 15 is 0 Å². The summed E-state index contributed by atoms with van der Waals surface area (Å²) in [7, 11) is 0. The molecule has 0 saturated heterocycles. The largest absolute Gasteiger partial charge is 0.348 e. The van der Waals surface area contributed by atoms with Gasteiger partial charge < -0.3 is 10.3 Å². The summed E-state index contributed by atoms with van der Waals surface area (Å²) in [5.41, 5.74) is 3.35. The summed E-state index contributed by atoms with van der Waals surface area (Å²) in [6.07, 6.45) is 1.72. The Morgan fingerprint density at radius 2 is 2.29 bits per heavy atom. The van der Waals surface area contributed by atoms with Crippen LogP contribution in [0.15, 0.2) is 30.6 Å². The molecule has 0 spiro atoms. The van der Waals surface area contributed by atoms with Gasteiger partial charge in [-0.3, -0.25) is 0 Å². The average Bonchev–Trinajstić information content (AvgIpc) is 2.72. The normalized spacial score (nSPS) is 12.6. The summed E-state index contributed by atoms with van der Waals surface area (Å²) < 4.78 is 0. The van der Waals surface area contributed by atoms with Gasteiger partial charge in [-0.1, -0.05) is 23.7 Å². The minimum absolute atomic E-state index is 0.254. The number of benzene rings is 1. The van der Waals surface area contributed by atoms with E-state index in [-0.39, 0.29) is 6.04 Å². The van der Waals surface area contributed by atoms with E-state index in [1.807, 2.05) is 25.1 Å². The van der Waals surface area contributed by atoms with Gasteiger partial charge in [-0.05, 0) is 31.5 Å². The van der Waals surface area contributed by atoms with Crippen molar-refractivity contribution in [3.63, 3.8) is 0 Å². The molecular weight excluding hydrogens is 234 g/mol. The molecule has 2 rings (SSSR count). The number of H-pyrrole nitrogens is 1. The number of aromatic nitrogens is 2. The van der Waals surface area contributed by atoms with Gasteiger partial charge in [0, 0.05) is 23.3 Å². The fourth-order valence-corrected chi connectivity index (χ4v) is 1.91. The van der Waals surface area contributed by atoms with E-state index in [0.717, 1.165) is 23.0 Å². The van der Waals surface area contributed by atoms with Crippen molar-refractivity contribution in [2.45, 2.75) is 26.4 Å². The minimum atomic E-state index is 0.254. The van der Waals surface area contributed by atoms with Crippen molar-refractivity contribution >= 4 is 11.6 Å². The van der Waals surface area contributed by atoms with Crippen molar-refractivity contribution in [2.24, 2.45) is 0 Å². The molecule has 1 aromatic heterocycles. The number of halogens is 1. The SMILES string of the molecule is Cc1[nH]cnc1CN[C@@H](C)c1cccc(Cl)c1. The molecule has 4 heteroatoms. The molecule has 0 aliphatic heterocycles.